The smallest absolute Gasteiger partial charge is 0.311 e. The Kier molecular flexibility index (Phi) is 5.92. The molecule has 0 aromatic rings. The van der Waals surface area contributed by atoms with Crippen LogP contribution in [-0.4, -0.2) is 44.5 Å². The van der Waals surface area contributed by atoms with E-state index in [2.05, 4.69) is 5.32 Å². The average Bonchev–Trinajstić information content (AvgIpc) is 3.13. The summed E-state index contributed by atoms with van der Waals surface area (Å²) >= 11 is 0. The van der Waals surface area contributed by atoms with Crippen molar-refractivity contribution < 1.29 is 23.9 Å². The first-order valence-electron chi connectivity index (χ1n) is 9.09. The monoisotopic (exact) mass is 353 g/mol. The van der Waals surface area contributed by atoms with E-state index in [1.807, 2.05) is 20.8 Å². The maximum Gasteiger partial charge on any atom is 0.311 e. The SMILES string of the molecule is CCC(C)(C)C(=O)NCC1C2CC(C(OC)C2C(=O)OC)C1C(C)=O. The topological polar surface area (TPSA) is 81.7 Å². The van der Waals surface area contributed by atoms with Crippen molar-refractivity contribution in [1.29, 1.82) is 0 Å². The second kappa shape index (κ2) is 7.44. The van der Waals surface area contributed by atoms with Crippen LogP contribution in [0.25, 0.3) is 0 Å². The van der Waals surface area contributed by atoms with Crippen LogP contribution in [-0.2, 0) is 23.9 Å². The van der Waals surface area contributed by atoms with Crippen LogP contribution in [0.15, 0.2) is 0 Å². The van der Waals surface area contributed by atoms with E-state index in [0.29, 0.717) is 6.54 Å². The fraction of sp³-hybridized carbons (Fsp3) is 0.842. The molecule has 0 heterocycles. The second-order valence-corrected chi connectivity index (χ2v) is 8.06. The van der Waals surface area contributed by atoms with Gasteiger partial charge >= 0.3 is 5.97 Å². The number of esters is 1. The van der Waals surface area contributed by atoms with E-state index in [9.17, 15) is 14.4 Å². The lowest BCUT2D eigenvalue weighted by Gasteiger charge is -2.38. The molecule has 25 heavy (non-hydrogen) atoms. The highest BCUT2D eigenvalue weighted by atomic mass is 16.5. The zero-order valence-electron chi connectivity index (χ0n) is 16.1. The van der Waals surface area contributed by atoms with Crippen LogP contribution in [0.4, 0.5) is 0 Å². The summed E-state index contributed by atoms with van der Waals surface area (Å²) in [4.78, 5) is 36.9. The fourth-order valence-electron chi connectivity index (χ4n) is 4.74. The third kappa shape index (κ3) is 3.46. The lowest BCUT2D eigenvalue weighted by atomic mass is 9.70. The number of fused-ring (bicyclic) bond motifs is 2. The number of methoxy groups -OCH3 is 2. The maximum atomic E-state index is 12.4. The number of ketones is 1. The quantitative estimate of drug-likeness (QED) is 0.706. The van der Waals surface area contributed by atoms with Gasteiger partial charge < -0.3 is 14.8 Å². The molecule has 0 aliphatic heterocycles. The van der Waals surface area contributed by atoms with Gasteiger partial charge in [0.25, 0.3) is 0 Å². The molecule has 6 atom stereocenters. The molecule has 0 radical (unpaired) electrons. The molecule has 2 rings (SSSR count). The molecule has 6 heteroatoms. The Hall–Kier alpha value is -1.43. The Labute approximate surface area is 150 Å². The van der Waals surface area contributed by atoms with Gasteiger partial charge in [-0.3, -0.25) is 14.4 Å². The van der Waals surface area contributed by atoms with Crippen molar-refractivity contribution in [3.05, 3.63) is 0 Å². The molecule has 2 saturated carbocycles. The molecule has 0 aromatic heterocycles. The van der Waals surface area contributed by atoms with Crippen molar-refractivity contribution in [1.82, 2.24) is 5.32 Å². The highest BCUT2D eigenvalue weighted by Crippen LogP contribution is 2.56. The number of carbonyl (C=O) groups excluding carboxylic acids is 3. The molecule has 2 fully saturated rings. The molecule has 6 unspecified atom stereocenters. The second-order valence-electron chi connectivity index (χ2n) is 8.06. The van der Waals surface area contributed by atoms with Crippen molar-refractivity contribution in [2.24, 2.45) is 35.0 Å². The van der Waals surface area contributed by atoms with Gasteiger partial charge in [-0.15, -0.1) is 0 Å². The molecule has 6 nitrogen and oxygen atoms in total. The molecule has 142 valence electrons. The van der Waals surface area contributed by atoms with E-state index in [1.165, 1.54) is 7.11 Å². The molecule has 1 N–H and O–H groups in total. The summed E-state index contributed by atoms with van der Waals surface area (Å²) in [6.45, 7) is 7.80. The normalized spacial score (nSPS) is 34.0. The minimum Gasteiger partial charge on any atom is -0.469 e. The summed E-state index contributed by atoms with van der Waals surface area (Å²) in [7, 11) is 2.96. The first kappa shape index (κ1) is 19.9. The summed E-state index contributed by atoms with van der Waals surface area (Å²) in [5.74, 6) is -0.775. The van der Waals surface area contributed by atoms with E-state index < -0.39 is 5.41 Å². The van der Waals surface area contributed by atoms with Crippen LogP contribution < -0.4 is 5.32 Å². The van der Waals surface area contributed by atoms with E-state index >= 15 is 0 Å². The molecule has 1 amide bonds. The summed E-state index contributed by atoms with van der Waals surface area (Å²) in [5, 5.41) is 3.01. The molecular weight excluding hydrogens is 322 g/mol. The van der Waals surface area contributed by atoms with Crippen molar-refractivity contribution in [3.63, 3.8) is 0 Å². The predicted octanol–water partition coefficient (Wildman–Crippen LogP) is 1.81. The summed E-state index contributed by atoms with van der Waals surface area (Å²) in [5.41, 5.74) is -0.444. The van der Waals surface area contributed by atoms with Gasteiger partial charge in [0, 0.05) is 25.0 Å². The number of hydrogen-bond donors (Lipinski definition) is 1. The Bertz CT molecular complexity index is 544. The number of rotatable bonds is 7. The number of nitrogens with one attached hydrogen (secondary N) is 1. The first-order chi connectivity index (χ1) is 11.7. The van der Waals surface area contributed by atoms with Gasteiger partial charge in [-0.05, 0) is 37.5 Å². The van der Waals surface area contributed by atoms with Gasteiger partial charge in [-0.2, -0.15) is 0 Å². The van der Waals surface area contributed by atoms with Gasteiger partial charge in [0.15, 0.2) is 0 Å². The van der Waals surface area contributed by atoms with Gasteiger partial charge in [-0.25, -0.2) is 0 Å². The Morgan fingerprint density at radius 1 is 1.12 bits per heavy atom. The van der Waals surface area contributed by atoms with Gasteiger partial charge in [0.2, 0.25) is 5.91 Å². The lowest BCUT2D eigenvalue weighted by Crippen LogP contribution is -2.50. The van der Waals surface area contributed by atoms with E-state index in [-0.39, 0.29) is 53.4 Å². The van der Waals surface area contributed by atoms with Crippen LogP contribution in [0.3, 0.4) is 0 Å². The first-order valence-corrected chi connectivity index (χ1v) is 9.09. The third-order valence-corrected chi connectivity index (χ3v) is 6.47. The number of Topliss-reactive ketones (excluding diaryl/α,β-unsaturated/α-hetero) is 1. The number of carbonyl (C=O) groups is 3. The van der Waals surface area contributed by atoms with Crippen molar-refractivity contribution in [3.8, 4) is 0 Å². The standard InChI is InChI=1S/C19H31NO5/c1-7-19(3,4)18(23)20-9-13-11-8-12(14(13)10(2)21)16(24-5)15(11)17(22)25-6/h11-16H,7-9H2,1-6H3,(H,20,23). The van der Waals surface area contributed by atoms with Crippen molar-refractivity contribution >= 4 is 17.7 Å². The van der Waals surface area contributed by atoms with Crippen molar-refractivity contribution in [2.45, 2.75) is 46.6 Å². The minimum absolute atomic E-state index is 0.00124. The van der Waals surface area contributed by atoms with Gasteiger partial charge in [0.05, 0.1) is 19.1 Å². The van der Waals surface area contributed by atoms with Crippen LogP contribution in [0.1, 0.15) is 40.5 Å². The number of ether oxygens (including phenoxy) is 2. The average molecular weight is 353 g/mol. The largest absolute Gasteiger partial charge is 0.469 e. The van der Waals surface area contributed by atoms with E-state index in [4.69, 9.17) is 9.47 Å². The van der Waals surface area contributed by atoms with Crippen molar-refractivity contribution in [2.75, 3.05) is 20.8 Å². The number of hydrogen-bond acceptors (Lipinski definition) is 5. The highest BCUT2D eigenvalue weighted by molar-refractivity contribution is 5.83. The molecule has 2 aliphatic carbocycles. The highest BCUT2D eigenvalue weighted by Gasteiger charge is 2.62. The molecule has 2 aliphatic rings. The third-order valence-electron chi connectivity index (χ3n) is 6.47. The van der Waals surface area contributed by atoms with Crippen LogP contribution in [0.5, 0.6) is 0 Å². The zero-order chi connectivity index (χ0) is 18.9. The maximum absolute atomic E-state index is 12.4. The van der Waals surface area contributed by atoms with E-state index in [0.717, 1.165) is 12.8 Å². The predicted molar refractivity (Wildman–Crippen MR) is 92.6 cm³/mol. The molecule has 0 saturated heterocycles. The minimum atomic E-state index is -0.444. The molecule has 2 bridgehead atoms. The van der Waals surface area contributed by atoms with Crippen LogP contribution in [0, 0.1) is 35.0 Å². The number of amides is 1. The Morgan fingerprint density at radius 3 is 2.24 bits per heavy atom. The van der Waals surface area contributed by atoms with E-state index in [1.54, 1.807) is 14.0 Å². The molecular formula is C19H31NO5. The Balaban J connectivity index is 2.20. The van der Waals surface area contributed by atoms with Crippen LogP contribution >= 0.6 is 0 Å². The summed E-state index contributed by atoms with van der Waals surface area (Å²) in [6, 6.07) is 0. The molecule has 0 aromatic carbocycles. The lowest BCUT2D eigenvalue weighted by molar-refractivity contribution is -0.157. The zero-order valence-corrected chi connectivity index (χ0v) is 16.1. The summed E-state index contributed by atoms with van der Waals surface area (Å²) < 4.78 is 10.5. The Morgan fingerprint density at radius 2 is 1.76 bits per heavy atom. The van der Waals surface area contributed by atoms with Gasteiger partial charge in [-0.1, -0.05) is 20.8 Å². The fourth-order valence-corrected chi connectivity index (χ4v) is 4.74. The van der Waals surface area contributed by atoms with Crippen LogP contribution in [0.2, 0.25) is 0 Å². The molecule has 0 spiro atoms. The summed E-state index contributed by atoms with van der Waals surface area (Å²) in [6.07, 6.45) is 1.22. The van der Waals surface area contributed by atoms with Gasteiger partial charge in [0.1, 0.15) is 5.78 Å².